The van der Waals surface area contributed by atoms with Crippen LogP contribution in [-0.2, 0) is 18.3 Å². The topological polar surface area (TPSA) is 140 Å². The molecule has 0 unspecified atom stereocenters. The summed E-state index contributed by atoms with van der Waals surface area (Å²) in [7, 11) is 3.02. The van der Waals surface area contributed by atoms with E-state index in [0.717, 1.165) is 39.7 Å². The molecule has 5 rings (SSSR count). The van der Waals surface area contributed by atoms with Gasteiger partial charge < -0.3 is 25.2 Å². The molecule has 0 radical (unpaired) electrons. The van der Waals surface area contributed by atoms with Gasteiger partial charge in [0.2, 0.25) is 5.88 Å². The fourth-order valence-electron chi connectivity index (χ4n) is 4.89. The van der Waals surface area contributed by atoms with Crippen LogP contribution in [0.3, 0.4) is 0 Å². The molecular formula is C30H31ClN6O5. The summed E-state index contributed by atoms with van der Waals surface area (Å²) in [6.45, 7) is 3.27. The first-order chi connectivity index (χ1) is 20.3. The summed E-state index contributed by atoms with van der Waals surface area (Å²) in [6, 6.07) is 14.9. The molecule has 0 saturated carbocycles. The zero-order chi connectivity index (χ0) is 29.8. The summed E-state index contributed by atoms with van der Waals surface area (Å²) in [4.78, 5) is 33.7. The Morgan fingerprint density at radius 2 is 1.93 bits per heavy atom. The van der Waals surface area contributed by atoms with Gasteiger partial charge in [-0.15, -0.1) is 0 Å². The molecule has 2 aromatic heterocycles. The number of aryl methyl sites for hydroxylation is 1. The van der Waals surface area contributed by atoms with E-state index in [2.05, 4.69) is 20.7 Å². The molecule has 1 aliphatic rings. The van der Waals surface area contributed by atoms with Gasteiger partial charge in [-0.1, -0.05) is 48.0 Å². The molecule has 12 heteroatoms. The number of aliphatic hydroxyl groups is 1. The summed E-state index contributed by atoms with van der Waals surface area (Å²) in [6.07, 6.45) is 1.32. The zero-order valence-corrected chi connectivity index (χ0v) is 24.2. The molecular weight excluding hydrogens is 560 g/mol. The molecule has 2 atom stereocenters. The van der Waals surface area contributed by atoms with Gasteiger partial charge in [0.1, 0.15) is 6.33 Å². The van der Waals surface area contributed by atoms with Crippen LogP contribution in [0.1, 0.15) is 28.0 Å². The zero-order valence-electron chi connectivity index (χ0n) is 23.4. The van der Waals surface area contributed by atoms with Crippen molar-refractivity contribution in [2.75, 3.05) is 25.6 Å². The third-order valence-corrected chi connectivity index (χ3v) is 7.69. The molecule has 1 fully saturated rings. The van der Waals surface area contributed by atoms with Crippen molar-refractivity contribution in [3.63, 3.8) is 0 Å². The van der Waals surface area contributed by atoms with Gasteiger partial charge in [0.15, 0.2) is 5.69 Å². The van der Waals surface area contributed by atoms with Crippen LogP contribution in [0.5, 0.6) is 5.88 Å². The molecule has 1 aliphatic heterocycles. The number of methoxy groups -OCH3 is 1. The number of carbonyl (C=O) groups is 1. The van der Waals surface area contributed by atoms with E-state index < -0.39 is 17.6 Å². The van der Waals surface area contributed by atoms with Crippen molar-refractivity contribution in [1.82, 2.24) is 25.1 Å². The molecule has 11 nitrogen and oxygen atoms in total. The summed E-state index contributed by atoms with van der Waals surface area (Å²) < 4.78 is 12.0. The van der Waals surface area contributed by atoms with Gasteiger partial charge in [-0.3, -0.25) is 9.59 Å². The fourth-order valence-corrected chi connectivity index (χ4v) is 5.22. The minimum atomic E-state index is -0.629. The Hall–Kier alpha value is -4.16. The molecule has 1 saturated heterocycles. The first-order valence-corrected chi connectivity index (χ1v) is 13.8. The largest absolute Gasteiger partial charge is 0.481 e. The monoisotopic (exact) mass is 590 g/mol. The second-order valence-corrected chi connectivity index (χ2v) is 10.3. The van der Waals surface area contributed by atoms with Crippen molar-refractivity contribution >= 4 is 23.2 Å². The number of ether oxygens (including phenoxy) is 2. The van der Waals surface area contributed by atoms with Gasteiger partial charge in [0.05, 0.1) is 30.5 Å². The van der Waals surface area contributed by atoms with Gasteiger partial charge in [0, 0.05) is 48.6 Å². The number of aliphatic hydroxyl groups excluding tert-OH is 1. The van der Waals surface area contributed by atoms with Crippen LogP contribution in [0.15, 0.2) is 59.7 Å². The minimum Gasteiger partial charge on any atom is -0.481 e. The first kappa shape index (κ1) is 29.3. The van der Waals surface area contributed by atoms with Crippen molar-refractivity contribution < 1.29 is 19.4 Å². The molecule has 0 aliphatic carbocycles. The van der Waals surface area contributed by atoms with Gasteiger partial charge in [0.25, 0.3) is 11.5 Å². The Morgan fingerprint density at radius 3 is 2.71 bits per heavy atom. The van der Waals surface area contributed by atoms with Crippen LogP contribution in [0.2, 0.25) is 5.02 Å². The van der Waals surface area contributed by atoms with Crippen molar-refractivity contribution in [1.29, 1.82) is 0 Å². The lowest BCUT2D eigenvalue weighted by Crippen LogP contribution is -2.46. The summed E-state index contributed by atoms with van der Waals surface area (Å²) >= 11 is 6.97. The highest BCUT2D eigenvalue weighted by atomic mass is 35.5. The predicted molar refractivity (Wildman–Crippen MR) is 159 cm³/mol. The number of rotatable bonds is 8. The molecule has 3 heterocycles. The summed E-state index contributed by atoms with van der Waals surface area (Å²) in [5.41, 5.74) is 4.19. The molecule has 0 bridgehead atoms. The highest BCUT2D eigenvalue weighted by Crippen LogP contribution is 2.39. The Bertz CT molecular complexity index is 1680. The number of pyridine rings is 1. The van der Waals surface area contributed by atoms with E-state index in [1.807, 2.05) is 43.3 Å². The number of benzene rings is 2. The molecule has 0 spiro atoms. The number of carbonyl (C=O) groups excluding carboxylic acids is 1. The lowest BCUT2D eigenvalue weighted by molar-refractivity contribution is -0.0281. The van der Waals surface area contributed by atoms with Crippen molar-refractivity contribution in [3.05, 3.63) is 87.1 Å². The maximum Gasteiger partial charge on any atom is 0.298 e. The van der Waals surface area contributed by atoms with Gasteiger partial charge in [-0.2, -0.15) is 5.10 Å². The number of anilines is 1. The smallest absolute Gasteiger partial charge is 0.298 e. The highest BCUT2D eigenvalue weighted by molar-refractivity contribution is 6.36. The molecule has 42 heavy (non-hydrogen) atoms. The second-order valence-electron chi connectivity index (χ2n) is 9.92. The Morgan fingerprint density at radius 1 is 1.17 bits per heavy atom. The molecule has 4 aromatic rings. The van der Waals surface area contributed by atoms with Crippen LogP contribution in [0.25, 0.3) is 22.4 Å². The van der Waals surface area contributed by atoms with Gasteiger partial charge >= 0.3 is 0 Å². The Kier molecular flexibility index (Phi) is 8.93. The predicted octanol–water partition coefficient (Wildman–Crippen LogP) is 3.37. The molecule has 3 N–H and O–H groups in total. The van der Waals surface area contributed by atoms with Gasteiger partial charge in [-0.05, 0) is 36.6 Å². The third kappa shape index (κ3) is 6.04. The van der Waals surface area contributed by atoms with E-state index in [1.165, 1.54) is 7.05 Å². The van der Waals surface area contributed by atoms with Crippen LogP contribution in [-0.4, -0.2) is 63.2 Å². The summed E-state index contributed by atoms with van der Waals surface area (Å²) in [5, 5.41) is 20.6. The second kappa shape index (κ2) is 12.8. The molecule has 218 valence electrons. The number of nitrogens with one attached hydrogen (secondary N) is 2. The van der Waals surface area contributed by atoms with Crippen LogP contribution >= 0.6 is 11.6 Å². The van der Waals surface area contributed by atoms with Crippen LogP contribution in [0, 0.1) is 6.92 Å². The number of nitrogens with zero attached hydrogens (tertiary/aromatic N) is 4. The maximum atomic E-state index is 12.9. The first-order valence-electron chi connectivity index (χ1n) is 13.4. The van der Waals surface area contributed by atoms with Crippen LogP contribution in [0.4, 0.5) is 5.69 Å². The number of aromatic nitrogens is 4. The van der Waals surface area contributed by atoms with Crippen LogP contribution < -0.4 is 20.9 Å². The molecule has 2 aromatic carbocycles. The average Bonchev–Trinajstić information content (AvgIpc) is 2.99. The molecule has 1 amide bonds. The highest BCUT2D eigenvalue weighted by Gasteiger charge is 2.24. The quantitative estimate of drug-likeness (QED) is 0.282. The van der Waals surface area contributed by atoms with Crippen molar-refractivity contribution in [2.24, 2.45) is 7.05 Å². The number of amides is 1. The van der Waals surface area contributed by atoms with Gasteiger partial charge in [-0.25, -0.2) is 14.6 Å². The third-order valence-electron chi connectivity index (χ3n) is 7.28. The number of hydrogen-bond acceptors (Lipinski definition) is 9. The normalized spacial score (nSPS) is 16.7. The SMILES string of the molecule is COc1nc(-c2cccc(-c3cccc(NC(=O)c4ncnn(C)c4=O)c3C)c2Cl)ccc1CN[C@@H]1CCOC[C@@H]1O. The van der Waals surface area contributed by atoms with Crippen molar-refractivity contribution in [2.45, 2.75) is 32.0 Å². The standard InChI is InChI=1S/C30H31ClN6O5/c1-17-19(6-5-9-22(17)35-28(39)27-30(40)37(2)34-16-33-27)20-7-4-8-21(26(20)31)23-11-10-18(29(36-23)41-3)14-32-24-12-13-42-15-25(24)38/h4-11,16,24-25,32,38H,12-15H2,1-3H3,(H,35,39)/t24-,25+/m1/s1. The Balaban J connectivity index is 1.41. The van der Waals surface area contributed by atoms with E-state index in [-0.39, 0.29) is 11.7 Å². The Labute approximate surface area is 247 Å². The van der Waals surface area contributed by atoms with E-state index in [9.17, 15) is 14.7 Å². The van der Waals surface area contributed by atoms with Crippen molar-refractivity contribution in [3.8, 4) is 28.3 Å². The summed E-state index contributed by atoms with van der Waals surface area (Å²) in [5.74, 6) is -0.171. The van der Waals surface area contributed by atoms with E-state index in [4.69, 9.17) is 26.1 Å². The van der Waals surface area contributed by atoms with E-state index in [1.54, 1.807) is 19.2 Å². The lowest BCUT2D eigenvalue weighted by atomic mass is 9.96. The average molecular weight is 591 g/mol. The lowest BCUT2D eigenvalue weighted by Gasteiger charge is -2.28. The maximum absolute atomic E-state index is 12.9. The minimum absolute atomic E-state index is 0.0654. The number of halogens is 1. The fraction of sp³-hybridized carbons (Fsp3) is 0.300. The van der Waals surface area contributed by atoms with E-state index >= 15 is 0 Å². The number of hydrogen-bond donors (Lipinski definition) is 3. The van der Waals surface area contributed by atoms with E-state index in [0.29, 0.717) is 47.6 Å².